The van der Waals surface area contributed by atoms with Crippen molar-refractivity contribution in [1.82, 2.24) is 5.32 Å². The fraction of sp³-hybridized carbons (Fsp3) is 0.133. The summed E-state index contributed by atoms with van der Waals surface area (Å²) in [7, 11) is 0. The molecule has 0 saturated carbocycles. The number of phenols is 1. The van der Waals surface area contributed by atoms with E-state index in [0.717, 1.165) is 11.1 Å². The van der Waals surface area contributed by atoms with Gasteiger partial charge in [-0.05, 0) is 23.3 Å². The molecule has 1 amide bonds. The first-order chi connectivity index (χ1) is 9.20. The van der Waals surface area contributed by atoms with Crippen molar-refractivity contribution < 1.29 is 9.90 Å². The molecule has 0 bridgehead atoms. The van der Waals surface area contributed by atoms with Gasteiger partial charge in [0.1, 0.15) is 5.75 Å². The monoisotopic (exact) mass is 275 g/mol. The van der Waals surface area contributed by atoms with Gasteiger partial charge in [-0.3, -0.25) is 4.79 Å². The van der Waals surface area contributed by atoms with Crippen LogP contribution in [-0.2, 0) is 12.4 Å². The minimum Gasteiger partial charge on any atom is -0.507 e. The molecule has 4 heteroatoms. The number of hydrogen-bond donors (Lipinski definition) is 2. The highest BCUT2D eigenvalue weighted by Crippen LogP contribution is 2.15. The highest BCUT2D eigenvalue weighted by molar-refractivity contribution is 6.17. The summed E-state index contributed by atoms with van der Waals surface area (Å²) < 4.78 is 0. The number of amides is 1. The molecule has 0 aliphatic rings. The lowest BCUT2D eigenvalue weighted by Gasteiger charge is -2.07. The van der Waals surface area contributed by atoms with Gasteiger partial charge >= 0.3 is 0 Å². The predicted molar refractivity (Wildman–Crippen MR) is 75.3 cm³/mol. The molecule has 0 spiro atoms. The van der Waals surface area contributed by atoms with Gasteiger partial charge in [0.15, 0.2) is 0 Å². The van der Waals surface area contributed by atoms with Gasteiger partial charge in [0, 0.05) is 12.4 Å². The second kappa shape index (κ2) is 6.25. The second-order valence-corrected chi connectivity index (χ2v) is 4.42. The number of rotatable bonds is 4. The van der Waals surface area contributed by atoms with Crippen molar-refractivity contribution in [2.24, 2.45) is 0 Å². The number of alkyl halides is 1. The Labute approximate surface area is 116 Å². The Bertz CT molecular complexity index is 584. The quantitative estimate of drug-likeness (QED) is 0.843. The lowest BCUT2D eigenvalue weighted by atomic mass is 10.1. The van der Waals surface area contributed by atoms with Crippen molar-refractivity contribution in [2.75, 3.05) is 0 Å². The number of carbonyl (C=O) groups is 1. The molecule has 0 fully saturated rings. The molecule has 3 nitrogen and oxygen atoms in total. The third kappa shape index (κ3) is 3.48. The zero-order valence-electron chi connectivity index (χ0n) is 10.3. The zero-order chi connectivity index (χ0) is 13.7. The molecule has 98 valence electrons. The average molecular weight is 276 g/mol. The van der Waals surface area contributed by atoms with Crippen LogP contribution in [0.1, 0.15) is 21.5 Å². The molecule has 0 radical (unpaired) electrons. The van der Waals surface area contributed by atoms with E-state index in [2.05, 4.69) is 5.32 Å². The molecular formula is C15H14ClNO2. The normalized spacial score (nSPS) is 10.2. The number of benzene rings is 2. The molecule has 2 aromatic carbocycles. The number of aromatic hydroxyl groups is 1. The van der Waals surface area contributed by atoms with Crippen LogP contribution in [0.4, 0.5) is 0 Å². The summed E-state index contributed by atoms with van der Waals surface area (Å²) in [5, 5.41) is 12.3. The van der Waals surface area contributed by atoms with Crippen molar-refractivity contribution in [3.63, 3.8) is 0 Å². The van der Waals surface area contributed by atoms with Crippen LogP contribution in [0.5, 0.6) is 5.75 Å². The first kappa shape index (κ1) is 13.4. The van der Waals surface area contributed by atoms with Gasteiger partial charge in [-0.2, -0.15) is 0 Å². The second-order valence-electron chi connectivity index (χ2n) is 4.15. The Kier molecular flexibility index (Phi) is 4.42. The number of carbonyl (C=O) groups excluding carboxylic acids is 1. The van der Waals surface area contributed by atoms with E-state index in [1.807, 2.05) is 24.3 Å². The molecule has 0 aliphatic carbocycles. The van der Waals surface area contributed by atoms with E-state index in [0.29, 0.717) is 12.4 Å². The summed E-state index contributed by atoms with van der Waals surface area (Å²) >= 11 is 5.76. The van der Waals surface area contributed by atoms with Gasteiger partial charge < -0.3 is 10.4 Å². The third-order valence-corrected chi connectivity index (χ3v) is 3.06. The van der Waals surface area contributed by atoms with Crippen molar-refractivity contribution in [2.45, 2.75) is 12.4 Å². The zero-order valence-corrected chi connectivity index (χ0v) is 11.0. The minimum atomic E-state index is -0.297. The third-order valence-electron chi connectivity index (χ3n) is 2.75. The van der Waals surface area contributed by atoms with Crippen LogP contribution in [-0.4, -0.2) is 11.0 Å². The Balaban J connectivity index is 2.02. The Morgan fingerprint density at radius 3 is 2.58 bits per heavy atom. The standard InChI is InChI=1S/C15H14ClNO2/c16-9-11-4-3-5-12(8-11)10-17-15(19)13-6-1-2-7-14(13)18/h1-8,18H,9-10H2,(H,17,19). The fourth-order valence-corrected chi connectivity index (χ4v) is 1.93. The first-order valence-electron chi connectivity index (χ1n) is 5.90. The summed E-state index contributed by atoms with van der Waals surface area (Å²) in [6, 6.07) is 14.2. The van der Waals surface area contributed by atoms with Crippen LogP contribution < -0.4 is 5.32 Å². The Morgan fingerprint density at radius 1 is 1.11 bits per heavy atom. The lowest BCUT2D eigenvalue weighted by Crippen LogP contribution is -2.22. The van der Waals surface area contributed by atoms with E-state index in [-0.39, 0.29) is 17.2 Å². The number of para-hydroxylation sites is 1. The number of nitrogens with one attached hydrogen (secondary N) is 1. The summed E-state index contributed by atoms with van der Waals surface area (Å²) in [4.78, 5) is 11.9. The molecule has 2 aromatic rings. The van der Waals surface area contributed by atoms with Crippen LogP contribution in [0.3, 0.4) is 0 Å². The molecule has 0 saturated heterocycles. The van der Waals surface area contributed by atoms with Crippen LogP contribution in [0.15, 0.2) is 48.5 Å². The van der Waals surface area contributed by atoms with Gasteiger partial charge in [0.05, 0.1) is 5.56 Å². The van der Waals surface area contributed by atoms with Crippen LogP contribution in [0, 0.1) is 0 Å². The SMILES string of the molecule is O=C(NCc1cccc(CCl)c1)c1ccccc1O. The molecule has 0 aromatic heterocycles. The largest absolute Gasteiger partial charge is 0.507 e. The maximum absolute atomic E-state index is 11.9. The summed E-state index contributed by atoms with van der Waals surface area (Å²) in [5.41, 5.74) is 2.26. The maximum atomic E-state index is 11.9. The van der Waals surface area contributed by atoms with Crippen LogP contribution in [0.25, 0.3) is 0 Å². The molecule has 0 atom stereocenters. The molecular weight excluding hydrogens is 262 g/mol. The van der Waals surface area contributed by atoms with Crippen molar-refractivity contribution in [3.8, 4) is 5.75 Å². The average Bonchev–Trinajstić information content (AvgIpc) is 2.45. The van der Waals surface area contributed by atoms with Gasteiger partial charge in [-0.1, -0.05) is 36.4 Å². The van der Waals surface area contributed by atoms with Crippen LogP contribution >= 0.6 is 11.6 Å². The highest BCUT2D eigenvalue weighted by Gasteiger charge is 2.09. The molecule has 0 unspecified atom stereocenters. The summed E-state index contributed by atoms with van der Waals surface area (Å²) in [5.74, 6) is 0.130. The first-order valence-corrected chi connectivity index (χ1v) is 6.44. The predicted octanol–water partition coefficient (Wildman–Crippen LogP) is 3.06. The maximum Gasteiger partial charge on any atom is 0.255 e. The van der Waals surface area contributed by atoms with Crippen LogP contribution in [0.2, 0.25) is 0 Å². The minimum absolute atomic E-state index is 0.0190. The number of halogens is 1. The molecule has 2 rings (SSSR count). The van der Waals surface area contributed by atoms with Gasteiger partial charge in [0.25, 0.3) is 5.91 Å². The summed E-state index contributed by atoms with van der Waals surface area (Å²) in [6.07, 6.45) is 0. The van der Waals surface area contributed by atoms with E-state index < -0.39 is 0 Å². The number of hydrogen-bond acceptors (Lipinski definition) is 2. The summed E-state index contributed by atoms with van der Waals surface area (Å²) in [6.45, 7) is 0.401. The van der Waals surface area contributed by atoms with E-state index in [9.17, 15) is 9.90 Å². The molecule has 19 heavy (non-hydrogen) atoms. The number of phenolic OH excluding ortho intramolecular Hbond substituents is 1. The van der Waals surface area contributed by atoms with Crippen molar-refractivity contribution in [1.29, 1.82) is 0 Å². The van der Waals surface area contributed by atoms with E-state index in [4.69, 9.17) is 11.6 Å². The van der Waals surface area contributed by atoms with Gasteiger partial charge in [-0.25, -0.2) is 0 Å². The van der Waals surface area contributed by atoms with Gasteiger partial charge in [0.2, 0.25) is 0 Å². The highest BCUT2D eigenvalue weighted by atomic mass is 35.5. The smallest absolute Gasteiger partial charge is 0.255 e. The fourth-order valence-electron chi connectivity index (χ4n) is 1.77. The molecule has 2 N–H and O–H groups in total. The van der Waals surface area contributed by atoms with E-state index >= 15 is 0 Å². The lowest BCUT2D eigenvalue weighted by molar-refractivity contribution is 0.0948. The van der Waals surface area contributed by atoms with Crippen molar-refractivity contribution in [3.05, 3.63) is 65.2 Å². The Morgan fingerprint density at radius 2 is 1.84 bits per heavy atom. The van der Waals surface area contributed by atoms with Gasteiger partial charge in [-0.15, -0.1) is 11.6 Å². The van der Waals surface area contributed by atoms with E-state index in [1.165, 1.54) is 6.07 Å². The van der Waals surface area contributed by atoms with Crippen molar-refractivity contribution >= 4 is 17.5 Å². The Hall–Kier alpha value is -2.00. The molecule has 0 heterocycles. The molecule has 0 aliphatic heterocycles. The van der Waals surface area contributed by atoms with E-state index in [1.54, 1.807) is 18.2 Å². The topological polar surface area (TPSA) is 49.3 Å².